The van der Waals surface area contributed by atoms with Gasteiger partial charge in [-0.1, -0.05) is 39.8 Å². The number of carbonyl (C=O) groups is 1. The number of aryl methyl sites for hydroxylation is 1. The van der Waals surface area contributed by atoms with Crippen molar-refractivity contribution in [2.24, 2.45) is 0 Å². The van der Waals surface area contributed by atoms with Crippen LogP contribution in [0, 0.1) is 18.8 Å². The first kappa shape index (κ1) is 28.2. The third-order valence-corrected chi connectivity index (χ3v) is 5.07. The van der Waals surface area contributed by atoms with E-state index in [1.54, 1.807) is 12.1 Å². The zero-order chi connectivity index (χ0) is 25.0. The van der Waals surface area contributed by atoms with Crippen LogP contribution < -0.4 is 0 Å². The molecule has 2 aromatic carbocycles. The Morgan fingerprint density at radius 3 is 2.26 bits per heavy atom. The van der Waals surface area contributed by atoms with Crippen LogP contribution in [-0.4, -0.2) is 15.9 Å². The van der Waals surface area contributed by atoms with Crippen LogP contribution in [0.3, 0.4) is 0 Å². The van der Waals surface area contributed by atoms with Gasteiger partial charge in [-0.05, 0) is 55.3 Å². The maximum Gasteiger partial charge on any atom is 0.217 e. The van der Waals surface area contributed by atoms with E-state index in [1.807, 2.05) is 18.2 Å². The SMILES string of the molecule is CC(=O)/C=C(/C)O.Cc1[c-]c(-c2ccc3cc(-c4ccc(F)cc4)oc3n2)cc(C(C)(C)C)c1.[Ir]. The number of pyridine rings is 1. The van der Waals surface area contributed by atoms with E-state index in [4.69, 9.17) is 14.5 Å². The number of furan rings is 1. The van der Waals surface area contributed by atoms with Crippen LogP contribution in [0.1, 0.15) is 45.7 Å². The van der Waals surface area contributed by atoms with Gasteiger partial charge < -0.3 is 9.52 Å². The molecule has 35 heavy (non-hydrogen) atoms. The number of hydrogen-bond donors (Lipinski definition) is 1. The third-order valence-electron chi connectivity index (χ3n) is 5.07. The van der Waals surface area contributed by atoms with Gasteiger partial charge in [-0.3, -0.25) is 9.78 Å². The van der Waals surface area contributed by atoms with E-state index >= 15 is 0 Å². The van der Waals surface area contributed by atoms with E-state index in [1.165, 1.54) is 37.6 Å². The molecule has 0 aliphatic carbocycles. The summed E-state index contributed by atoms with van der Waals surface area (Å²) in [5, 5.41) is 9.28. The molecule has 4 aromatic rings. The van der Waals surface area contributed by atoms with Crippen LogP contribution in [0.2, 0.25) is 0 Å². The van der Waals surface area contributed by atoms with Crippen molar-refractivity contribution >= 4 is 16.9 Å². The van der Waals surface area contributed by atoms with Gasteiger partial charge in [-0.15, -0.1) is 34.9 Å². The van der Waals surface area contributed by atoms with Gasteiger partial charge in [0.25, 0.3) is 0 Å². The fourth-order valence-electron chi connectivity index (χ4n) is 3.40. The summed E-state index contributed by atoms with van der Waals surface area (Å²) in [4.78, 5) is 14.7. The van der Waals surface area contributed by atoms with Gasteiger partial charge in [0.15, 0.2) is 5.78 Å². The summed E-state index contributed by atoms with van der Waals surface area (Å²) in [5.41, 5.74) is 5.58. The van der Waals surface area contributed by atoms with Crippen molar-refractivity contribution in [3.63, 3.8) is 0 Å². The van der Waals surface area contributed by atoms with E-state index in [9.17, 15) is 9.18 Å². The smallest absolute Gasteiger partial charge is 0.217 e. The van der Waals surface area contributed by atoms with Crippen LogP contribution in [0.5, 0.6) is 0 Å². The number of carbonyl (C=O) groups excluding carboxylic acids is 1. The van der Waals surface area contributed by atoms with Crippen molar-refractivity contribution in [1.29, 1.82) is 0 Å². The number of nitrogens with zero attached hydrogens (tertiary/aromatic N) is 1. The Morgan fingerprint density at radius 1 is 1.06 bits per heavy atom. The number of ketones is 1. The zero-order valence-electron chi connectivity index (χ0n) is 20.7. The summed E-state index contributed by atoms with van der Waals surface area (Å²) < 4.78 is 19.1. The summed E-state index contributed by atoms with van der Waals surface area (Å²) in [6.45, 7) is 11.5. The molecule has 0 fully saturated rings. The van der Waals surface area contributed by atoms with Crippen molar-refractivity contribution in [1.82, 2.24) is 4.98 Å². The maximum atomic E-state index is 13.2. The number of halogens is 1. The van der Waals surface area contributed by atoms with Crippen molar-refractivity contribution in [3.05, 3.63) is 89.4 Å². The quantitative estimate of drug-likeness (QED) is 0.140. The van der Waals surface area contributed by atoms with Gasteiger partial charge in [0, 0.05) is 37.1 Å². The number of aromatic nitrogens is 1. The molecular weight excluding hydrogens is 622 g/mol. The molecule has 0 atom stereocenters. The molecule has 4 rings (SSSR count). The molecule has 1 N–H and O–H groups in total. The fourth-order valence-corrected chi connectivity index (χ4v) is 3.40. The van der Waals surface area contributed by atoms with Crippen molar-refractivity contribution < 1.29 is 38.8 Å². The van der Waals surface area contributed by atoms with Gasteiger partial charge in [0.2, 0.25) is 5.71 Å². The number of benzene rings is 2. The molecule has 0 bridgehead atoms. The first-order valence-corrected chi connectivity index (χ1v) is 11.0. The minimum Gasteiger partial charge on any atom is -0.512 e. The molecule has 0 saturated heterocycles. The van der Waals surface area contributed by atoms with E-state index in [-0.39, 0.29) is 42.9 Å². The molecule has 0 amide bonds. The molecule has 2 aromatic heterocycles. The van der Waals surface area contributed by atoms with Gasteiger partial charge in [0.1, 0.15) is 11.6 Å². The van der Waals surface area contributed by atoms with Crippen molar-refractivity contribution in [2.75, 3.05) is 0 Å². The van der Waals surface area contributed by atoms with Crippen LogP contribution >= 0.6 is 0 Å². The van der Waals surface area contributed by atoms with Crippen LogP contribution in [-0.2, 0) is 30.3 Å². The minimum absolute atomic E-state index is 0. The Labute approximate surface area is 219 Å². The number of aliphatic hydroxyl groups is 1. The van der Waals surface area contributed by atoms with Gasteiger partial charge in [-0.25, -0.2) is 4.39 Å². The molecule has 0 spiro atoms. The van der Waals surface area contributed by atoms with E-state index < -0.39 is 0 Å². The Morgan fingerprint density at radius 2 is 1.71 bits per heavy atom. The summed E-state index contributed by atoms with van der Waals surface area (Å²) in [6.07, 6.45) is 1.17. The van der Waals surface area contributed by atoms with Crippen molar-refractivity contribution in [2.45, 2.75) is 47.0 Å². The maximum absolute atomic E-state index is 13.2. The second-order valence-electron chi connectivity index (χ2n) is 9.32. The summed E-state index contributed by atoms with van der Waals surface area (Å²) in [6, 6.07) is 19.9. The second-order valence-corrected chi connectivity index (χ2v) is 9.32. The van der Waals surface area contributed by atoms with Gasteiger partial charge >= 0.3 is 0 Å². The first-order chi connectivity index (χ1) is 15.9. The standard InChI is InChI=1S/C24H21FNO.C5H8O2.Ir/c1-15-11-18(13-19(12-15)24(2,3)4)21-10-7-17-14-22(27-23(17)26-21)16-5-8-20(25)9-6-16;1-4(6)3-5(2)7;/h5-10,12-14H,1-4H3;3,6H,1-2H3;/q-1;;/b;4-3-;. The number of aliphatic hydroxyl groups excluding tert-OH is 1. The first-order valence-electron chi connectivity index (χ1n) is 11.0. The third kappa shape index (κ3) is 7.71. The predicted octanol–water partition coefficient (Wildman–Crippen LogP) is 7.74. The Kier molecular flexibility index (Phi) is 9.31. The molecule has 4 nitrogen and oxygen atoms in total. The summed E-state index contributed by atoms with van der Waals surface area (Å²) in [7, 11) is 0. The van der Waals surface area contributed by atoms with E-state index in [0.29, 0.717) is 11.5 Å². The Bertz CT molecular complexity index is 1340. The minimum atomic E-state index is -0.264. The zero-order valence-corrected chi connectivity index (χ0v) is 23.1. The topological polar surface area (TPSA) is 63.3 Å². The summed E-state index contributed by atoms with van der Waals surface area (Å²) in [5.74, 6) is 0.352. The van der Waals surface area contributed by atoms with Gasteiger partial charge in [0.05, 0.1) is 5.76 Å². The molecule has 6 heteroatoms. The van der Waals surface area contributed by atoms with Crippen molar-refractivity contribution in [3.8, 4) is 22.6 Å². The predicted molar refractivity (Wildman–Crippen MR) is 134 cm³/mol. The molecule has 1 radical (unpaired) electrons. The summed E-state index contributed by atoms with van der Waals surface area (Å²) >= 11 is 0. The largest absolute Gasteiger partial charge is 0.512 e. The molecule has 0 unspecified atom stereocenters. The molecule has 0 aliphatic rings. The molecule has 185 valence electrons. The Hall–Kier alpha value is -3.08. The van der Waals surface area contributed by atoms with Crippen LogP contribution in [0.4, 0.5) is 4.39 Å². The molecular formula is C29H29FIrNO3-. The number of rotatable bonds is 3. The Balaban J connectivity index is 0.000000476. The number of fused-ring (bicyclic) bond motifs is 1. The van der Waals surface area contributed by atoms with E-state index in [2.05, 4.69) is 45.9 Å². The molecule has 2 heterocycles. The molecule has 0 aliphatic heterocycles. The van der Waals surface area contributed by atoms with Crippen LogP contribution in [0.15, 0.2) is 70.8 Å². The average molecular weight is 651 g/mol. The number of allylic oxidation sites excluding steroid dienone is 2. The van der Waals surface area contributed by atoms with Gasteiger partial charge in [-0.2, -0.15) is 0 Å². The monoisotopic (exact) mass is 651 g/mol. The van der Waals surface area contributed by atoms with Crippen LogP contribution in [0.25, 0.3) is 33.7 Å². The number of hydrogen-bond acceptors (Lipinski definition) is 4. The normalized spacial score (nSPS) is 11.5. The fraction of sp³-hybridized carbons (Fsp3) is 0.241. The average Bonchev–Trinajstić information content (AvgIpc) is 3.16. The molecule has 0 saturated carbocycles. The second kappa shape index (κ2) is 11.6. The van der Waals surface area contributed by atoms with E-state index in [0.717, 1.165) is 27.8 Å².